The van der Waals surface area contributed by atoms with Crippen molar-refractivity contribution >= 4 is 65.6 Å². The average Bonchev–Trinajstić information content (AvgIpc) is 3.70. The lowest BCUT2D eigenvalue weighted by atomic mass is 9.91. The van der Waals surface area contributed by atoms with Crippen molar-refractivity contribution in [1.82, 2.24) is 0 Å². The molecule has 0 saturated heterocycles. The molecule has 0 atom stereocenters. The van der Waals surface area contributed by atoms with Crippen molar-refractivity contribution in [3.05, 3.63) is 146 Å². The van der Waals surface area contributed by atoms with Gasteiger partial charge in [0.25, 0.3) is 0 Å². The Labute approximate surface area is 246 Å². The first-order valence-corrected chi connectivity index (χ1v) is 15.1. The van der Waals surface area contributed by atoms with Crippen molar-refractivity contribution < 1.29 is 4.42 Å². The molecule has 2 aromatic heterocycles. The van der Waals surface area contributed by atoms with Crippen molar-refractivity contribution in [2.45, 2.75) is 0 Å². The van der Waals surface area contributed by atoms with Crippen LogP contribution in [0.5, 0.6) is 0 Å². The summed E-state index contributed by atoms with van der Waals surface area (Å²) < 4.78 is 6.17. The first kappa shape index (κ1) is 23.5. The van der Waals surface area contributed by atoms with Gasteiger partial charge in [-0.2, -0.15) is 0 Å². The monoisotopic (exact) mass is 552 g/mol. The third-order valence-corrected chi connectivity index (χ3v) is 9.67. The molecule has 7 aromatic carbocycles. The number of rotatable bonds is 3. The number of thiophene rings is 1. The smallest absolute Gasteiger partial charge is 0.136 e. The Hall–Kier alpha value is -5.18. The molecule has 0 aliphatic carbocycles. The molecular formula is C40H24OS. The van der Waals surface area contributed by atoms with E-state index >= 15 is 0 Å². The first-order chi connectivity index (χ1) is 20.8. The van der Waals surface area contributed by atoms with Gasteiger partial charge in [0, 0.05) is 26.1 Å². The lowest BCUT2D eigenvalue weighted by molar-refractivity contribution is 0.669. The Morgan fingerprint density at radius 2 is 0.952 bits per heavy atom. The lowest BCUT2D eigenvalue weighted by Gasteiger charge is -2.13. The average molecular weight is 553 g/mol. The normalized spacial score (nSPS) is 11.8. The molecule has 2 heteroatoms. The number of hydrogen-bond donors (Lipinski definition) is 0. The van der Waals surface area contributed by atoms with Crippen LogP contribution in [0.2, 0.25) is 0 Å². The molecule has 0 unspecified atom stereocenters. The highest BCUT2D eigenvalue weighted by molar-refractivity contribution is 7.19. The summed E-state index contributed by atoms with van der Waals surface area (Å²) >= 11 is 1.84. The standard InChI is InChI=1S/C40H24OS/c1-2-9-25(10-3-1)26-17-19-31-34(23-26)29-12-5-4-11-28(29)30-20-18-27(24-35(30)31)38-21-22-39(42-38)33-14-8-16-37-40(33)32-13-6-7-15-36(32)41-37/h1-24H. The first-order valence-electron chi connectivity index (χ1n) is 14.3. The van der Waals surface area contributed by atoms with E-state index < -0.39 is 0 Å². The zero-order valence-electron chi connectivity index (χ0n) is 22.7. The highest BCUT2D eigenvalue weighted by Crippen LogP contribution is 2.43. The summed E-state index contributed by atoms with van der Waals surface area (Å²) in [6.07, 6.45) is 0. The molecule has 0 fully saturated rings. The summed E-state index contributed by atoms with van der Waals surface area (Å²) in [5.74, 6) is 0. The van der Waals surface area contributed by atoms with Crippen LogP contribution >= 0.6 is 11.3 Å². The lowest BCUT2D eigenvalue weighted by Crippen LogP contribution is -1.86. The third kappa shape index (κ3) is 3.56. The van der Waals surface area contributed by atoms with Gasteiger partial charge >= 0.3 is 0 Å². The molecule has 0 N–H and O–H groups in total. The van der Waals surface area contributed by atoms with E-state index in [1.165, 1.54) is 69.7 Å². The zero-order chi connectivity index (χ0) is 27.6. The molecule has 2 heterocycles. The Morgan fingerprint density at radius 3 is 1.79 bits per heavy atom. The molecule has 0 spiro atoms. The fourth-order valence-electron chi connectivity index (χ4n) is 6.54. The molecular weight excluding hydrogens is 529 g/mol. The maximum absolute atomic E-state index is 6.17. The van der Waals surface area contributed by atoms with Crippen LogP contribution in [-0.4, -0.2) is 0 Å². The second-order valence-electron chi connectivity index (χ2n) is 10.9. The number of hydrogen-bond acceptors (Lipinski definition) is 2. The molecule has 9 aromatic rings. The van der Waals surface area contributed by atoms with Gasteiger partial charge in [0.15, 0.2) is 0 Å². The quantitative estimate of drug-likeness (QED) is 0.199. The SMILES string of the molecule is c1ccc(-c2ccc3c(c2)c2ccccc2c2ccc(-c4ccc(-c5cccc6oc7ccccc7c56)s4)cc23)cc1. The van der Waals surface area contributed by atoms with Crippen LogP contribution in [0.15, 0.2) is 150 Å². The van der Waals surface area contributed by atoms with Gasteiger partial charge in [0.05, 0.1) is 0 Å². The second-order valence-corrected chi connectivity index (χ2v) is 12.0. The van der Waals surface area contributed by atoms with Gasteiger partial charge in [-0.05, 0) is 85.4 Å². The molecule has 0 radical (unpaired) electrons. The van der Waals surface area contributed by atoms with Gasteiger partial charge in [-0.1, -0.05) is 109 Å². The van der Waals surface area contributed by atoms with Gasteiger partial charge < -0.3 is 4.42 Å². The fourth-order valence-corrected chi connectivity index (χ4v) is 7.57. The molecule has 0 aliphatic rings. The number of para-hydroxylation sites is 1. The van der Waals surface area contributed by atoms with Crippen molar-refractivity contribution in [2.75, 3.05) is 0 Å². The predicted molar refractivity (Wildman–Crippen MR) is 180 cm³/mol. The zero-order valence-corrected chi connectivity index (χ0v) is 23.5. The summed E-state index contributed by atoms with van der Waals surface area (Å²) in [5.41, 5.74) is 6.81. The van der Waals surface area contributed by atoms with Crippen LogP contribution in [0.3, 0.4) is 0 Å². The van der Waals surface area contributed by atoms with E-state index in [1.54, 1.807) is 0 Å². The molecule has 0 saturated carbocycles. The predicted octanol–water partition coefficient (Wildman–Crippen LogP) is 12.1. The molecule has 196 valence electrons. The van der Waals surface area contributed by atoms with Crippen molar-refractivity contribution in [3.63, 3.8) is 0 Å². The molecule has 0 amide bonds. The highest BCUT2D eigenvalue weighted by Gasteiger charge is 2.15. The fraction of sp³-hybridized carbons (Fsp3) is 0. The summed E-state index contributed by atoms with van der Waals surface area (Å²) in [5, 5.41) is 10.1. The third-order valence-electron chi connectivity index (χ3n) is 8.50. The molecule has 0 aliphatic heterocycles. The Morgan fingerprint density at radius 1 is 0.357 bits per heavy atom. The molecule has 0 bridgehead atoms. The van der Waals surface area contributed by atoms with Crippen LogP contribution in [0.1, 0.15) is 0 Å². The highest BCUT2D eigenvalue weighted by atomic mass is 32.1. The van der Waals surface area contributed by atoms with E-state index in [9.17, 15) is 0 Å². The maximum atomic E-state index is 6.17. The summed E-state index contributed by atoms with van der Waals surface area (Å²) in [7, 11) is 0. The maximum Gasteiger partial charge on any atom is 0.136 e. The Bertz CT molecular complexity index is 2460. The van der Waals surface area contributed by atoms with Crippen LogP contribution in [0, 0.1) is 0 Å². The Kier molecular flexibility index (Phi) is 5.13. The summed E-state index contributed by atoms with van der Waals surface area (Å²) in [6, 6.07) is 52.6. The van der Waals surface area contributed by atoms with Crippen molar-refractivity contribution in [2.24, 2.45) is 0 Å². The minimum Gasteiger partial charge on any atom is -0.456 e. The van der Waals surface area contributed by atoms with Gasteiger partial charge in [0.2, 0.25) is 0 Å². The van der Waals surface area contributed by atoms with E-state index in [1.807, 2.05) is 23.5 Å². The van der Waals surface area contributed by atoms with Crippen LogP contribution in [0.25, 0.3) is 86.3 Å². The van der Waals surface area contributed by atoms with Crippen molar-refractivity contribution in [1.29, 1.82) is 0 Å². The number of fused-ring (bicyclic) bond motifs is 9. The number of benzene rings is 7. The van der Waals surface area contributed by atoms with Crippen LogP contribution in [-0.2, 0) is 0 Å². The van der Waals surface area contributed by atoms with E-state index in [0.717, 1.165) is 16.6 Å². The molecule has 9 rings (SSSR count). The number of furan rings is 1. The Balaban J connectivity index is 1.23. The van der Waals surface area contributed by atoms with Crippen LogP contribution < -0.4 is 0 Å². The van der Waals surface area contributed by atoms with Gasteiger partial charge in [-0.3, -0.25) is 0 Å². The van der Waals surface area contributed by atoms with Gasteiger partial charge in [-0.15, -0.1) is 11.3 Å². The topological polar surface area (TPSA) is 13.1 Å². The minimum atomic E-state index is 0.931. The van der Waals surface area contributed by atoms with Gasteiger partial charge in [0.1, 0.15) is 11.2 Å². The summed E-state index contributed by atoms with van der Waals surface area (Å²) in [6.45, 7) is 0. The second kappa shape index (κ2) is 9.17. The van der Waals surface area contributed by atoms with E-state index in [-0.39, 0.29) is 0 Å². The summed E-state index contributed by atoms with van der Waals surface area (Å²) in [4.78, 5) is 2.51. The van der Waals surface area contributed by atoms with Crippen molar-refractivity contribution in [3.8, 4) is 32.0 Å². The van der Waals surface area contributed by atoms with E-state index in [0.29, 0.717) is 0 Å². The minimum absolute atomic E-state index is 0.931. The van der Waals surface area contributed by atoms with E-state index in [4.69, 9.17) is 4.42 Å². The molecule has 42 heavy (non-hydrogen) atoms. The van der Waals surface area contributed by atoms with Gasteiger partial charge in [-0.25, -0.2) is 0 Å². The molecule has 1 nitrogen and oxygen atoms in total. The van der Waals surface area contributed by atoms with E-state index in [2.05, 4.69) is 133 Å². The largest absolute Gasteiger partial charge is 0.456 e. The van der Waals surface area contributed by atoms with Crippen LogP contribution in [0.4, 0.5) is 0 Å².